The third-order valence-corrected chi connectivity index (χ3v) is 9.77. The van der Waals surface area contributed by atoms with Crippen molar-refractivity contribution < 1.29 is 32.9 Å². The van der Waals surface area contributed by atoms with Gasteiger partial charge in [0.25, 0.3) is 0 Å². The summed E-state index contributed by atoms with van der Waals surface area (Å²) in [5, 5.41) is 0.637. The molecular formula is C37H36Cl2FN3O6. The van der Waals surface area contributed by atoms with Gasteiger partial charge in [-0.25, -0.2) is 14.0 Å². The highest BCUT2D eigenvalue weighted by Gasteiger charge is 2.37. The van der Waals surface area contributed by atoms with Crippen LogP contribution in [0.4, 0.5) is 14.9 Å². The molecule has 0 N–H and O–H groups in total. The molecule has 3 aliphatic rings. The molecule has 9 nitrogen and oxygen atoms in total. The van der Waals surface area contributed by atoms with Gasteiger partial charge in [-0.3, -0.25) is 14.8 Å². The second kappa shape index (κ2) is 15.4. The molecule has 1 aromatic heterocycles. The predicted molar refractivity (Wildman–Crippen MR) is 184 cm³/mol. The molecule has 0 radical (unpaired) electrons. The maximum absolute atomic E-state index is 15.0. The van der Waals surface area contributed by atoms with E-state index in [2.05, 4.69) is 9.88 Å². The van der Waals surface area contributed by atoms with Crippen molar-refractivity contribution in [3.8, 4) is 11.5 Å². The highest BCUT2D eigenvalue weighted by atomic mass is 35.5. The zero-order valence-electron chi connectivity index (χ0n) is 27.1. The number of piperidine rings is 3. The monoisotopic (exact) mass is 707 g/mol. The molecule has 12 heteroatoms. The quantitative estimate of drug-likeness (QED) is 0.146. The number of ether oxygens (including phenoxy) is 4. The van der Waals surface area contributed by atoms with Gasteiger partial charge >= 0.3 is 12.1 Å². The van der Waals surface area contributed by atoms with Gasteiger partial charge in [-0.15, -0.1) is 0 Å². The average Bonchev–Trinajstić information content (AvgIpc) is 3.12. The van der Waals surface area contributed by atoms with Crippen molar-refractivity contribution in [2.75, 3.05) is 45.4 Å². The van der Waals surface area contributed by atoms with E-state index in [0.717, 1.165) is 31.5 Å². The molecule has 1 unspecified atom stereocenters. The van der Waals surface area contributed by atoms with Crippen molar-refractivity contribution in [1.82, 2.24) is 9.88 Å². The molecule has 256 valence electrons. The largest absolute Gasteiger partial charge is 0.493 e. The molecule has 7 rings (SSSR count). The van der Waals surface area contributed by atoms with Crippen LogP contribution in [-0.4, -0.2) is 68.5 Å². The number of fused-ring (bicyclic) bond motifs is 3. The standard InChI is InChI=1S/C37H36Cl2FN3O6/c1-46-32-12-11-26(17-33(32)47-2)27(35-28(38)18-41-19-29(35)39)22-48-36(44)25-9-7-23(8-10-25)20-43(31-6-4-3-5-30(31)40)37(45)49-34-21-42-15-13-24(34)14-16-42/h3-12,17-19,24,27,34H,13-16,20-22H2,1-2H3/t27?,34-/m0/s1. The van der Waals surface area contributed by atoms with Crippen LogP contribution in [0.25, 0.3) is 0 Å². The van der Waals surface area contributed by atoms with E-state index in [1.165, 1.54) is 30.5 Å². The number of hydrogen-bond acceptors (Lipinski definition) is 8. The van der Waals surface area contributed by atoms with Gasteiger partial charge in [-0.1, -0.05) is 53.5 Å². The van der Waals surface area contributed by atoms with Gasteiger partial charge in [0.1, 0.15) is 18.5 Å². The number of rotatable bonds is 11. The number of nitrogens with zero attached hydrogens (tertiary/aromatic N) is 3. The number of carbonyl (C=O) groups is 2. The van der Waals surface area contributed by atoms with E-state index in [0.29, 0.717) is 45.1 Å². The number of halogens is 3. The van der Waals surface area contributed by atoms with Crippen molar-refractivity contribution in [3.63, 3.8) is 0 Å². The molecule has 4 heterocycles. The maximum Gasteiger partial charge on any atom is 0.415 e. The summed E-state index contributed by atoms with van der Waals surface area (Å²) in [5.41, 5.74) is 2.35. The van der Waals surface area contributed by atoms with Gasteiger partial charge in [0.15, 0.2) is 11.5 Å². The summed E-state index contributed by atoms with van der Waals surface area (Å²) in [6, 6.07) is 18.1. The molecule has 1 amide bonds. The van der Waals surface area contributed by atoms with Gasteiger partial charge in [0.05, 0.1) is 42.1 Å². The minimum absolute atomic E-state index is 0.0383. The first-order valence-corrected chi connectivity index (χ1v) is 16.7. The molecular weight excluding hydrogens is 672 g/mol. The van der Waals surface area contributed by atoms with Gasteiger partial charge in [0, 0.05) is 30.4 Å². The minimum Gasteiger partial charge on any atom is -0.493 e. The number of methoxy groups -OCH3 is 2. The SMILES string of the molecule is COc1ccc(C(COC(=O)c2ccc(CN(C(=O)O[C@H]3CN4CCC3CC4)c3ccccc3F)cc2)c2c(Cl)cncc2Cl)cc1OC. The van der Waals surface area contributed by atoms with Crippen LogP contribution in [0.1, 0.15) is 45.8 Å². The van der Waals surface area contributed by atoms with E-state index in [1.807, 2.05) is 6.07 Å². The fraction of sp³-hybridized carbons (Fsp3) is 0.324. The number of pyridine rings is 1. The van der Waals surface area contributed by atoms with Crippen molar-refractivity contribution in [2.24, 2.45) is 5.92 Å². The highest BCUT2D eigenvalue weighted by Crippen LogP contribution is 2.39. The van der Waals surface area contributed by atoms with Crippen molar-refractivity contribution in [3.05, 3.63) is 117 Å². The number of esters is 1. The summed E-state index contributed by atoms with van der Waals surface area (Å²) in [7, 11) is 3.07. The Morgan fingerprint density at radius 1 is 0.959 bits per heavy atom. The molecule has 49 heavy (non-hydrogen) atoms. The molecule has 3 aromatic carbocycles. The lowest BCUT2D eigenvalue weighted by molar-refractivity contribution is -0.0311. The van der Waals surface area contributed by atoms with E-state index in [-0.39, 0.29) is 30.5 Å². The molecule has 3 aliphatic heterocycles. The Morgan fingerprint density at radius 2 is 1.65 bits per heavy atom. The molecule has 3 saturated heterocycles. The van der Waals surface area contributed by atoms with Crippen LogP contribution in [0.5, 0.6) is 11.5 Å². The minimum atomic E-state index is -0.609. The van der Waals surface area contributed by atoms with Crippen LogP contribution in [-0.2, 0) is 16.0 Å². The lowest BCUT2D eigenvalue weighted by Gasteiger charge is -2.44. The lowest BCUT2D eigenvalue weighted by Crippen LogP contribution is -2.53. The maximum atomic E-state index is 15.0. The Kier molecular flexibility index (Phi) is 10.9. The van der Waals surface area contributed by atoms with Crippen molar-refractivity contribution >= 4 is 41.0 Å². The number of carbonyl (C=O) groups excluding carboxylic acids is 2. The number of anilines is 1. The second-order valence-electron chi connectivity index (χ2n) is 12.1. The normalized spacial score (nSPS) is 18.8. The summed E-state index contributed by atoms with van der Waals surface area (Å²) in [5.74, 6) is -0.334. The Morgan fingerprint density at radius 3 is 2.29 bits per heavy atom. The summed E-state index contributed by atoms with van der Waals surface area (Å²) < 4.78 is 37.6. The highest BCUT2D eigenvalue weighted by molar-refractivity contribution is 6.36. The second-order valence-corrected chi connectivity index (χ2v) is 12.9. The third kappa shape index (κ3) is 7.77. The number of hydrogen-bond donors (Lipinski definition) is 0. The number of amides is 1. The topological polar surface area (TPSA) is 90.4 Å². The zero-order chi connectivity index (χ0) is 34.5. The van der Waals surface area contributed by atoms with Crippen LogP contribution in [0, 0.1) is 11.7 Å². The number of aromatic nitrogens is 1. The molecule has 2 bridgehead atoms. The van der Waals surface area contributed by atoms with Crippen LogP contribution < -0.4 is 14.4 Å². The summed E-state index contributed by atoms with van der Waals surface area (Å²) in [6.07, 6.45) is 4.08. The average molecular weight is 709 g/mol. The first-order chi connectivity index (χ1) is 23.7. The Bertz CT molecular complexity index is 1780. The molecule has 0 spiro atoms. The van der Waals surface area contributed by atoms with E-state index in [1.54, 1.807) is 61.7 Å². The molecule has 0 aliphatic carbocycles. The fourth-order valence-corrected chi connectivity index (χ4v) is 7.13. The van der Waals surface area contributed by atoms with E-state index >= 15 is 0 Å². The molecule has 0 saturated carbocycles. The van der Waals surface area contributed by atoms with E-state index < -0.39 is 23.8 Å². The first kappa shape index (κ1) is 34.5. The predicted octanol–water partition coefficient (Wildman–Crippen LogP) is 7.77. The Hall–Kier alpha value is -4.38. The van der Waals surface area contributed by atoms with Crippen molar-refractivity contribution in [2.45, 2.75) is 31.4 Å². The van der Waals surface area contributed by atoms with Crippen LogP contribution in [0.2, 0.25) is 10.0 Å². The van der Waals surface area contributed by atoms with Crippen LogP contribution in [0.15, 0.2) is 79.1 Å². The van der Waals surface area contributed by atoms with E-state index in [9.17, 15) is 14.0 Å². The van der Waals surface area contributed by atoms with Gasteiger partial charge in [-0.2, -0.15) is 0 Å². The van der Waals surface area contributed by atoms with Gasteiger partial charge < -0.3 is 18.9 Å². The number of benzene rings is 3. The van der Waals surface area contributed by atoms with Gasteiger partial charge in [-0.05, 0) is 79.4 Å². The smallest absolute Gasteiger partial charge is 0.415 e. The third-order valence-electron chi connectivity index (χ3n) is 9.17. The lowest BCUT2D eigenvalue weighted by atomic mass is 9.86. The molecule has 3 fully saturated rings. The van der Waals surface area contributed by atoms with Crippen LogP contribution >= 0.6 is 23.2 Å². The van der Waals surface area contributed by atoms with Crippen molar-refractivity contribution in [1.29, 1.82) is 0 Å². The molecule has 4 aromatic rings. The fourth-order valence-electron chi connectivity index (χ4n) is 6.50. The zero-order valence-corrected chi connectivity index (χ0v) is 28.6. The summed E-state index contributed by atoms with van der Waals surface area (Å²) in [6.45, 7) is 2.65. The van der Waals surface area contributed by atoms with Gasteiger partial charge in [0.2, 0.25) is 0 Å². The first-order valence-electron chi connectivity index (χ1n) is 16.0. The molecule has 2 atom stereocenters. The Balaban J connectivity index is 1.18. The van der Waals surface area contributed by atoms with E-state index in [4.69, 9.17) is 42.1 Å². The van der Waals surface area contributed by atoms with Crippen LogP contribution in [0.3, 0.4) is 0 Å². The summed E-state index contributed by atoms with van der Waals surface area (Å²) >= 11 is 13.1. The Labute approximate surface area is 294 Å². The summed E-state index contributed by atoms with van der Waals surface area (Å²) in [4.78, 5) is 34.5. The number of para-hydroxylation sites is 1.